The molecule has 0 aliphatic rings. The zero-order valence-corrected chi connectivity index (χ0v) is 23.0. The fourth-order valence-corrected chi connectivity index (χ4v) is 7.38. The molecule has 0 bridgehead atoms. The summed E-state index contributed by atoms with van der Waals surface area (Å²) >= 11 is 5.10. The first-order valence-corrected chi connectivity index (χ1v) is 14.5. The average molecular weight is 533 g/mol. The van der Waals surface area contributed by atoms with Gasteiger partial charge >= 0.3 is 0 Å². The molecule has 0 unspecified atom stereocenters. The molecule has 6 aromatic rings. The van der Waals surface area contributed by atoms with Gasteiger partial charge in [0, 0.05) is 0 Å². The fourth-order valence-electron chi connectivity index (χ4n) is 3.95. The Morgan fingerprint density at radius 3 is 1.32 bits per heavy atom. The molecule has 0 aliphatic carbocycles. The summed E-state index contributed by atoms with van der Waals surface area (Å²) in [6.07, 6.45) is 8.63. The van der Waals surface area contributed by atoms with Gasteiger partial charge in [-0.2, -0.15) is 0 Å². The van der Waals surface area contributed by atoms with Crippen LogP contribution in [0.1, 0.15) is 33.4 Å². The summed E-state index contributed by atoms with van der Waals surface area (Å²) in [4.78, 5) is 9.69. The Bertz CT molecular complexity index is 1620. The van der Waals surface area contributed by atoms with Gasteiger partial charge < -0.3 is 0 Å². The van der Waals surface area contributed by atoms with Crippen LogP contribution in [0.15, 0.2) is 93.6 Å². The van der Waals surface area contributed by atoms with Crippen molar-refractivity contribution in [2.45, 2.75) is 22.5 Å². The minimum atomic E-state index is 1.02. The molecule has 0 N–H and O–H groups in total. The topological polar surface area (TPSA) is 25.8 Å². The van der Waals surface area contributed by atoms with Gasteiger partial charge in [-0.05, 0) is 72.1 Å². The lowest BCUT2D eigenvalue weighted by Crippen LogP contribution is -1.75. The Hall–Kier alpha value is -3.51. The van der Waals surface area contributed by atoms with E-state index >= 15 is 0 Å². The van der Waals surface area contributed by atoms with Crippen molar-refractivity contribution in [2.24, 2.45) is 0 Å². The summed E-state index contributed by atoms with van der Waals surface area (Å²) in [6, 6.07) is 30.0. The van der Waals surface area contributed by atoms with Crippen LogP contribution in [0.2, 0.25) is 0 Å². The van der Waals surface area contributed by atoms with Crippen LogP contribution in [0.25, 0.3) is 44.7 Å². The quantitative estimate of drug-likeness (QED) is 0.200. The standard InChI is InChI=1S/C32H24N2S3/c1-21-3-7-23(8-4-21)11-13-25-15-17-27-29(19-25)35-31(33-27)37-32-34-28-18-16-26(20-30(28)36-32)14-12-24-9-5-22(2)6-10-24/h3-20H,1-2H3/b13-11+,14-12+. The van der Waals surface area contributed by atoms with Gasteiger partial charge in [-0.3, -0.25) is 0 Å². The van der Waals surface area contributed by atoms with Crippen LogP contribution in [-0.2, 0) is 0 Å². The highest BCUT2D eigenvalue weighted by Crippen LogP contribution is 2.38. The van der Waals surface area contributed by atoms with Crippen molar-refractivity contribution in [1.29, 1.82) is 0 Å². The number of hydrogen-bond acceptors (Lipinski definition) is 5. The van der Waals surface area contributed by atoms with Crippen molar-refractivity contribution in [2.75, 3.05) is 0 Å². The lowest BCUT2D eigenvalue weighted by atomic mass is 10.1. The first-order valence-electron chi connectivity index (χ1n) is 12.1. The fraction of sp³-hybridized carbons (Fsp3) is 0.0625. The maximum Gasteiger partial charge on any atom is 0.158 e. The van der Waals surface area contributed by atoms with Gasteiger partial charge in [-0.25, -0.2) is 9.97 Å². The minimum absolute atomic E-state index is 1.02. The van der Waals surface area contributed by atoms with Crippen molar-refractivity contribution in [1.82, 2.24) is 9.97 Å². The van der Waals surface area contributed by atoms with Gasteiger partial charge in [0.1, 0.15) is 0 Å². The van der Waals surface area contributed by atoms with Gasteiger partial charge in [0.25, 0.3) is 0 Å². The molecule has 5 heteroatoms. The van der Waals surface area contributed by atoms with Crippen molar-refractivity contribution in [3.8, 4) is 0 Å². The Morgan fingerprint density at radius 1 is 0.514 bits per heavy atom. The maximum atomic E-state index is 4.85. The van der Waals surface area contributed by atoms with Crippen molar-refractivity contribution < 1.29 is 0 Å². The van der Waals surface area contributed by atoms with Crippen LogP contribution in [0, 0.1) is 13.8 Å². The lowest BCUT2D eigenvalue weighted by Gasteiger charge is -1.96. The molecule has 2 aromatic heterocycles. The first kappa shape index (κ1) is 23.9. The van der Waals surface area contributed by atoms with Crippen LogP contribution in [0.5, 0.6) is 0 Å². The van der Waals surface area contributed by atoms with Crippen LogP contribution in [0.3, 0.4) is 0 Å². The Kier molecular flexibility index (Phi) is 6.75. The van der Waals surface area contributed by atoms with Crippen molar-refractivity contribution >= 4 is 79.2 Å². The predicted molar refractivity (Wildman–Crippen MR) is 164 cm³/mol. The number of fused-ring (bicyclic) bond motifs is 2. The molecule has 0 atom stereocenters. The van der Waals surface area contributed by atoms with Gasteiger partial charge in [-0.1, -0.05) is 96.1 Å². The maximum absolute atomic E-state index is 4.85. The molecule has 4 aromatic carbocycles. The number of benzene rings is 4. The van der Waals surface area contributed by atoms with Crippen molar-refractivity contribution in [3.05, 3.63) is 118 Å². The molecule has 0 saturated carbocycles. The minimum Gasteiger partial charge on any atom is -0.229 e. The zero-order chi connectivity index (χ0) is 25.2. The molecular formula is C32H24N2S3. The Morgan fingerprint density at radius 2 is 0.892 bits per heavy atom. The van der Waals surface area contributed by atoms with Gasteiger partial charge in [0.2, 0.25) is 0 Å². The molecule has 0 amide bonds. The second-order valence-electron chi connectivity index (χ2n) is 9.00. The summed E-state index contributed by atoms with van der Waals surface area (Å²) < 4.78 is 4.43. The number of hydrogen-bond donors (Lipinski definition) is 0. The van der Waals surface area contributed by atoms with E-state index in [0.717, 1.165) is 19.7 Å². The summed E-state index contributed by atoms with van der Waals surface area (Å²) in [5.74, 6) is 0. The van der Waals surface area contributed by atoms with E-state index in [1.54, 1.807) is 34.4 Å². The Labute approximate surface area is 229 Å². The van der Waals surface area contributed by atoms with Crippen LogP contribution in [-0.4, -0.2) is 9.97 Å². The highest BCUT2D eigenvalue weighted by molar-refractivity contribution is 8.02. The largest absolute Gasteiger partial charge is 0.229 e. The molecule has 0 fully saturated rings. The SMILES string of the molecule is Cc1ccc(/C=C/c2ccc3nc(Sc4nc5ccc(/C=C/c6ccc(C)cc6)cc5s4)sc3c2)cc1. The number of aromatic nitrogens is 2. The molecule has 0 spiro atoms. The highest BCUT2D eigenvalue weighted by atomic mass is 32.2. The van der Waals surface area contributed by atoms with Crippen LogP contribution >= 0.6 is 34.4 Å². The van der Waals surface area contributed by atoms with Crippen LogP contribution in [0.4, 0.5) is 0 Å². The van der Waals surface area contributed by atoms with Crippen LogP contribution < -0.4 is 0 Å². The zero-order valence-electron chi connectivity index (χ0n) is 20.5. The molecule has 0 aliphatic heterocycles. The molecule has 37 heavy (non-hydrogen) atoms. The van der Waals surface area contributed by atoms with E-state index in [1.165, 1.54) is 42.8 Å². The molecular weight excluding hydrogens is 509 g/mol. The van der Waals surface area contributed by atoms with E-state index in [0.29, 0.717) is 0 Å². The Balaban J connectivity index is 1.18. The monoisotopic (exact) mass is 532 g/mol. The molecule has 2 nitrogen and oxygen atoms in total. The van der Waals surface area contributed by atoms with Gasteiger partial charge in [-0.15, -0.1) is 22.7 Å². The summed E-state index contributed by atoms with van der Waals surface area (Å²) in [5, 5.41) is 0. The third-order valence-electron chi connectivity index (χ3n) is 6.05. The number of thiazole rings is 2. The van der Waals surface area contributed by atoms with E-state index < -0.39 is 0 Å². The van der Waals surface area contributed by atoms with E-state index in [-0.39, 0.29) is 0 Å². The third kappa shape index (κ3) is 5.75. The second kappa shape index (κ2) is 10.5. The smallest absolute Gasteiger partial charge is 0.158 e. The summed E-state index contributed by atoms with van der Waals surface area (Å²) in [5.41, 5.74) is 9.38. The number of rotatable bonds is 6. The average Bonchev–Trinajstić information content (AvgIpc) is 3.50. The molecule has 180 valence electrons. The molecule has 0 radical (unpaired) electrons. The predicted octanol–water partition coefficient (Wildman–Crippen LogP) is 10.0. The number of aryl methyl sites for hydroxylation is 2. The second-order valence-corrected chi connectivity index (χ2v) is 12.6. The molecule has 2 heterocycles. The molecule has 0 saturated heterocycles. The highest BCUT2D eigenvalue weighted by Gasteiger charge is 2.10. The molecule has 6 rings (SSSR count). The summed E-state index contributed by atoms with van der Waals surface area (Å²) in [6.45, 7) is 4.22. The summed E-state index contributed by atoms with van der Waals surface area (Å²) in [7, 11) is 0. The normalized spacial score (nSPS) is 11.9. The van der Waals surface area contributed by atoms with Gasteiger partial charge in [0.15, 0.2) is 8.68 Å². The number of nitrogens with zero attached hydrogens (tertiary/aromatic N) is 2. The first-order chi connectivity index (χ1) is 18.1. The van der Waals surface area contributed by atoms with E-state index in [9.17, 15) is 0 Å². The van der Waals surface area contributed by atoms with E-state index in [1.807, 2.05) is 0 Å². The van der Waals surface area contributed by atoms with E-state index in [4.69, 9.17) is 9.97 Å². The third-order valence-corrected chi connectivity index (χ3v) is 9.21. The lowest BCUT2D eigenvalue weighted by molar-refractivity contribution is 1.26. The van der Waals surface area contributed by atoms with Gasteiger partial charge in [0.05, 0.1) is 20.4 Å². The van der Waals surface area contributed by atoms with E-state index in [2.05, 4.69) is 123 Å². The van der Waals surface area contributed by atoms with Crippen molar-refractivity contribution in [3.63, 3.8) is 0 Å².